The maximum absolute atomic E-state index is 12.3. The molecule has 7 nitrogen and oxygen atoms in total. The van der Waals surface area contributed by atoms with Gasteiger partial charge in [-0.15, -0.1) is 0 Å². The van der Waals surface area contributed by atoms with Crippen molar-refractivity contribution in [2.45, 2.75) is 13.0 Å². The second-order valence-electron chi connectivity index (χ2n) is 5.48. The molecule has 0 spiro atoms. The van der Waals surface area contributed by atoms with E-state index in [1.807, 2.05) is 0 Å². The summed E-state index contributed by atoms with van der Waals surface area (Å²) in [5.74, 6) is -0.499. The van der Waals surface area contributed by atoms with Crippen LogP contribution in [0.2, 0.25) is 0 Å². The van der Waals surface area contributed by atoms with Gasteiger partial charge in [0.2, 0.25) is 0 Å². The summed E-state index contributed by atoms with van der Waals surface area (Å²) in [6, 6.07) is 11.1. The van der Waals surface area contributed by atoms with Gasteiger partial charge in [-0.05, 0) is 49.4 Å². The van der Waals surface area contributed by atoms with Gasteiger partial charge in [0.1, 0.15) is 5.75 Å². The van der Waals surface area contributed by atoms with E-state index in [-0.39, 0.29) is 11.8 Å². The van der Waals surface area contributed by atoms with E-state index in [0.717, 1.165) is 0 Å². The van der Waals surface area contributed by atoms with E-state index >= 15 is 0 Å². The first kappa shape index (κ1) is 16.5. The molecule has 0 saturated heterocycles. The highest BCUT2D eigenvalue weighted by atomic mass is 16.5. The molecule has 1 heterocycles. The van der Waals surface area contributed by atoms with Crippen LogP contribution in [0.5, 0.6) is 5.75 Å². The number of amides is 2. The zero-order valence-corrected chi connectivity index (χ0v) is 13.7. The normalized spacial score (nSPS) is 15.4. The molecule has 3 rings (SSSR count). The Kier molecular flexibility index (Phi) is 4.38. The van der Waals surface area contributed by atoms with Gasteiger partial charge in [-0.25, -0.2) is 4.79 Å². The first-order chi connectivity index (χ1) is 12.0. The molecule has 0 saturated carbocycles. The predicted octanol–water partition coefficient (Wildman–Crippen LogP) is 2.44. The van der Waals surface area contributed by atoms with Crippen molar-refractivity contribution in [2.24, 2.45) is 0 Å². The van der Waals surface area contributed by atoms with Crippen LogP contribution in [0, 0.1) is 0 Å². The van der Waals surface area contributed by atoms with Crippen molar-refractivity contribution in [2.75, 3.05) is 17.7 Å². The Hall–Kier alpha value is -3.35. The maximum atomic E-state index is 12.3. The van der Waals surface area contributed by atoms with E-state index in [2.05, 4.69) is 15.4 Å². The summed E-state index contributed by atoms with van der Waals surface area (Å²) in [6.07, 6.45) is -0.554. The largest absolute Gasteiger partial charge is 0.479 e. The van der Waals surface area contributed by atoms with Gasteiger partial charge in [-0.2, -0.15) is 0 Å². The summed E-state index contributed by atoms with van der Waals surface area (Å²) in [7, 11) is 1.29. The lowest BCUT2D eigenvalue weighted by Gasteiger charge is -2.23. The molecular formula is C18H16N2O5. The van der Waals surface area contributed by atoms with Crippen LogP contribution in [0.15, 0.2) is 42.5 Å². The predicted molar refractivity (Wildman–Crippen MR) is 90.9 cm³/mol. The second-order valence-corrected chi connectivity index (χ2v) is 5.48. The van der Waals surface area contributed by atoms with Crippen molar-refractivity contribution in [1.82, 2.24) is 0 Å². The minimum atomic E-state index is -0.554. The van der Waals surface area contributed by atoms with Crippen molar-refractivity contribution >= 4 is 29.2 Å². The number of carbonyl (C=O) groups is 3. The average molecular weight is 340 g/mol. The lowest BCUT2D eigenvalue weighted by Crippen LogP contribution is -2.34. The van der Waals surface area contributed by atoms with Crippen molar-refractivity contribution in [1.29, 1.82) is 0 Å². The van der Waals surface area contributed by atoms with Gasteiger partial charge in [0.05, 0.1) is 18.4 Å². The fourth-order valence-electron chi connectivity index (χ4n) is 2.37. The molecule has 2 N–H and O–H groups in total. The Morgan fingerprint density at radius 2 is 1.80 bits per heavy atom. The highest BCUT2D eigenvalue weighted by Gasteiger charge is 2.23. The van der Waals surface area contributed by atoms with Crippen molar-refractivity contribution in [3.63, 3.8) is 0 Å². The number of benzene rings is 2. The Balaban J connectivity index is 1.74. The molecule has 0 fully saturated rings. The molecule has 0 unspecified atom stereocenters. The van der Waals surface area contributed by atoms with E-state index in [1.165, 1.54) is 31.4 Å². The third kappa shape index (κ3) is 3.45. The van der Waals surface area contributed by atoms with Crippen LogP contribution in [-0.2, 0) is 9.53 Å². The molecule has 128 valence electrons. The second kappa shape index (κ2) is 6.64. The Bertz CT molecular complexity index is 845. The Labute approximate surface area is 143 Å². The number of ether oxygens (including phenoxy) is 2. The van der Waals surface area contributed by atoms with Gasteiger partial charge in [-0.1, -0.05) is 0 Å². The molecule has 0 bridgehead atoms. The highest BCUT2D eigenvalue weighted by Crippen LogP contribution is 2.32. The number of rotatable bonds is 3. The summed E-state index contributed by atoms with van der Waals surface area (Å²) >= 11 is 0. The van der Waals surface area contributed by atoms with E-state index < -0.39 is 12.1 Å². The highest BCUT2D eigenvalue weighted by molar-refractivity contribution is 6.05. The van der Waals surface area contributed by atoms with Gasteiger partial charge in [0, 0.05) is 11.3 Å². The van der Waals surface area contributed by atoms with Crippen LogP contribution in [-0.4, -0.2) is 31.0 Å². The summed E-state index contributed by atoms with van der Waals surface area (Å²) < 4.78 is 10.1. The molecule has 0 aliphatic carbocycles. The summed E-state index contributed by atoms with van der Waals surface area (Å²) in [5.41, 5.74) is 1.77. The zero-order valence-electron chi connectivity index (χ0n) is 13.7. The van der Waals surface area contributed by atoms with Crippen molar-refractivity contribution < 1.29 is 23.9 Å². The Morgan fingerprint density at radius 3 is 2.48 bits per heavy atom. The van der Waals surface area contributed by atoms with Gasteiger partial charge in [0.25, 0.3) is 11.8 Å². The lowest BCUT2D eigenvalue weighted by atomic mass is 10.1. The van der Waals surface area contributed by atoms with Crippen LogP contribution in [0.1, 0.15) is 27.6 Å². The van der Waals surface area contributed by atoms with Crippen LogP contribution in [0.3, 0.4) is 0 Å². The quantitative estimate of drug-likeness (QED) is 0.837. The molecule has 2 amide bonds. The summed E-state index contributed by atoms with van der Waals surface area (Å²) in [5, 5.41) is 5.46. The molecule has 7 heteroatoms. The van der Waals surface area contributed by atoms with E-state index in [0.29, 0.717) is 28.3 Å². The van der Waals surface area contributed by atoms with Crippen LogP contribution in [0.4, 0.5) is 11.4 Å². The number of methoxy groups -OCH3 is 1. The number of hydrogen-bond acceptors (Lipinski definition) is 5. The summed E-state index contributed by atoms with van der Waals surface area (Å²) in [6.45, 7) is 1.66. The molecule has 2 aromatic carbocycles. The molecule has 25 heavy (non-hydrogen) atoms. The van der Waals surface area contributed by atoms with Crippen LogP contribution >= 0.6 is 0 Å². The lowest BCUT2D eigenvalue weighted by molar-refractivity contribution is -0.122. The monoisotopic (exact) mass is 340 g/mol. The van der Waals surface area contributed by atoms with E-state index in [9.17, 15) is 14.4 Å². The van der Waals surface area contributed by atoms with Gasteiger partial charge in [0.15, 0.2) is 6.10 Å². The smallest absolute Gasteiger partial charge is 0.337 e. The minimum absolute atomic E-state index is 0.241. The van der Waals surface area contributed by atoms with E-state index in [4.69, 9.17) is 4.74 Å². The number of nitrogens with one attached hydrogen (secondary N) is 2. The van der Waals surface area contributed by atoms with Gasteiger partial charge >= 0.3 is 5.97 Å². The molecule has 1 aliphatic heterocycles. The number of anilines is 2. The molecule has 1 aliphatic rings. The summed E-state index contributed by atoms with van der Waals surface area (Å²) in [4.78, 5) is 35.4. The standard InChI is InChI=1S/C18H16N2O5/c1-10-16(21)20-14-9-13(7-8-15(14)25-10)19-17(22)11-3-5-12(6-4-11)18(23)24-2/h3-10H,1-2H3,(H,19,22)(H,20,21)/t10-/m1/s1. The molecule has 2 aromatic rings. The van der Waals surface area contributed by atoms with Gasteiger partial charge < -0.3 is 20.1 Å². The minimum Gasteiger partial charge on any atom is -0.479 e. The number of carbonyl (C=O) groups excluding carboxylic acids is 3. The average Bonchev–Trinajstić information content (AvgIpc) is 2.62. The Morgan fingerprint density at radius 1 is 1.12 bits per heavy atom. The SMILES string of the molecule is COC(=O)c1ccc(C(=O)Nc2ccc3c(c2)NC(=O)[C@@H](C)O3)cc1. The maximum Gasteiger partial charge on any atom is 0.337 e. The molecular weight excluding hydrogens is 324 g/mol. The fraction of sp³-hybridized carbons (Fsp3) is 0.167. The molecule has 1 atom stereocenters. The third-order valence-electron chi connectivity index (χ3n) is 3.74. The molecule has 0 aromatic heterocycles. The van der Waals surface area contributed by atoms with Crippen molar-refractivity contribution in [3.8, 4) is 5.75 Å². The van der Waals surface area contributed by atoms with E-state index in [1.54, 1.807) is 25.1 Å². The van der Waals surface area contributed by atoms with Crippen molar-refractivity contribution in [3.05, 3.63) is 53.6 Å². The van der Waals surface area contributed by atoms with Gasteiger partial charge in [-0.3, -0.25) is 9.59 Å². The number of fused-ring (bicyclic) bond motifs is 1. The van der Waals surface area contributed by atoms with Crippen LogP contribution < -0.4 is 15.4 Å². The number of esters is 1. The zero-order chi connectivity index (χ0) is 18.0. The fourth-order valence-corrected chi connectivity index (χ4v) is 2.37. The molecule has 0 radical (unpaired) electrons. The van der Waals surface area contributed by atoms with Crippen LogP contribution in [0.25, 0.3) is 0 Å². The topological polar surface area (TPSA) is 93.7 Å². The first-order valence-corrected chi connectivity index (χ1v) is 7.59. The third-order valence-corrected chi connectivity index (χ3v) is 3.74. The number of hydrogen-bond donors (Lipinski definition) is 2. The first-order valence-electron chi connectivity index (χ1n) is 7.59.